The Kier molecular flexibility index (Phi) is 13.0. The quantitative estimate of drug-likeness (QED) is 0.289. The number of carbonyl (C=O) groups excluding carboxylic acids is 4. The number of esters is 1. The summed E-state index contributed by atoms with van der Waals surface area (Å²) >= 11 is 0. The summed E-state index contributed by atoms with van der Waals surface area (Å²) < 4.78 is 10.4. The van der Waals surface area contributed by atoms with Crippen LogP contribution in [0.3, 0.4) is 0 Å². The Morgan fingerprint density at radius 2 is 1.68 bits per heavy atom. The van der Waals surface area contributed by atoms with E-state index in [1.807, 2.05) is 45.9 Å². The average Bonchev–Trinajstić information content (AvgIpc) is 2.79. The molecule has 0 heterocycles. The number of nitrogens with zero attached hydrogens (tertiary/aromatic N) is 1. The molecule has 0 saturated heterocycles. The molecule has 212 valence electrons. The summed E-state index contributed by atoms with van der Waals surface area (Å²) in [4.78, 5) is 53.5. The maximum Gasteiger partial charge on any atom is 0.408 e. The summed E-state index contributed by atoms with van der Waals surface area (Å²) in [6, 6.07) is 3.73. The summed E-state index contributed by atoms with van der Waals surface area (Å²) in [5, 5.41) is 5.50. The number of amides is 3. The van der Waals surface area contributed by atoms with Gasteiger partial charge >= 0.3 is 12.1 Å². The molecule has 0 aromatic heterocycles. The second-order valence-electron chi connectivity index (χ2n) is 10.5. The molecule has 38 heavy (non-hydrogen) atoms. The molecule has 0 radical (unpaired) electrons. The number of aryl methyl sites for hydroxylation is 2. The number of alkyl carbamates (subject to hydrolysis) is 1. The maximum atomic E-state index is 14.0. The first-order valence-corrected chi connectivity index (χ1v) is 13.2. The molecule has 0 fully saturated rings. The van der Waals surface area contributed by atoms with Crippen LogP contribution in [-0.2, 0) is 23.9 Å². The molecule has 0 aliphatic carbocycles. The minimum Gasteiger partial charge on any atom is -0.466 e. The summed E-state index contributed by atoms with van der Waals surface area (Å²) in [7, 11) is 0. The lowest BCUT2D eigenvalue weighted by molar-refractivity contribution is -0.144. The zero-order valence-corrected chi connectivity index (χ0v) is 24.2. The summed E-state index contributed by atoms with van der Waals surface area (Å²) in [5.74, 6) is -1.55. The summed E-state index contributed by atoms with van der Waals surface area (Å²) in [5.41, 5.74) is 1.74. The number of ether oxygens (including phenoxy) is 2. The van der Waals surface area contributed by atoms with Crippen molar-refractivity contribution in [1.29, 1.82) is 0 Å². The Morgan fingerprint density at radius 3 is 2.18 bits per heavy atom. The highest BCUT2D eigenvalue weighted by molar-refractivity contribution is 5.92. The molecule has 0 spiro atoms. The summed E-state index contributed by atoms with van der Waals surface area (Å²) in [6.45, 7) is 18.7. The van der Waals surface area contributed by atoms with Gasteiger partial charge in [-0.1, -0.05) is 55.7 Å². The van der Waals surface area contributed by atoms with Gasteiger partial charge in [-0.15, -0.1) is 6.58 Å². The molecule has 0 aliphatic rings. The Hall–Kier alpha value is -3.36. The molecule has 3 atom stereocenters. The van der Waals surface area contributed by atoms with Gasteiger partial charge in [0.05, 0.1) is 13.0 Å². The lowest BCUT2D eigenvalue weighted by Gasteiger charge is -2.35. The van der Waals surface area contributed by atoms with E-state index in [0.29, 0.717) is 12.0 Å². The number of hydrogen-bond acceptors (Lipinski definition) is 6. The normalized spacial score (nSPS) is 13.5. The van der Waals surface area contributed by atoms with E-state index in [2.05, 4.69) is 17.2 Å². The first-order chi connectivity index (χ1) is 17.7. The van der Waals surface area contributed by atoms with Crippen molar-refractivity contribution < 1.29 is 28.7 Å². The average molecular weight is 532 g/mol. The van der Waals surface area contributed by atoms with Gasteiger partial charge in [0.1, 0.15) is 17.7 Å². The van der Waals surface area contributed by atoms with Crippen molar-refractivity contribution in [2.24, 2.45) is 5.92 Å². The minimum atomic E-state index is -1.02. The molecule has 1 aromatic rings. The first-order valence-electron chi connectivity index (χ1n) is 13.2. The molecule has 0 bridgehead atoms. The van der Waals surface area contributed by atoms with Crippen LogP contribution in [0.4, 0.5) is 4.79 Å². The van der Waals surface area contributed by atoms with E-state index in [9.17, 15) is 19.2 Å². The summed E-state index contributed by atoms with van der Waals surface area (Å²) in [6.07, 6.45) is 1.44. The molecule has 1 rings (SSSR count). The van der Waals surface area contributed by atoms with Gasteiger partial charge in [-0.3, -0.25) is 14.4 Å². The smallest absolute Gasteiger partial charge is 0.408 e. The number of carbonyl (C=O) groups is 4. The molecule has 9 nitrogen and oxygen atoms in total. The predicted molar refractivity (Wildman–Crippen MR) is 147 cm³/mol. The van der Waals surface area contributed by atoms with Crippen LogP contribution in [-0.4, -0.2) is 60.1 Å². The zero-order valence-electron chi connectivity index (χ0n) is 24.2. The van der Waals surface area contributed by atoms with Crippen LogP contribution in [0.1, 0.15) is 77.1 Å². The molecule has 9 heteroatoms. The molecular formula is C29H45N3O6. The molecule has 0 saturated carbocycles. The van der Waals surface area contributed by atoms with Crippen molar-refractivity contribution in [3.63, 3.8) is 0 Å². The Morgan fingerprint density at radius 1 is 1.08 bits per heavy atom. The fourth-order valence-corrected chi connectivity index (χ4v) is 4.02. The molecular weight excluding hydrogens is 486 g/mol. The van der Waals surface area contributed by atoms with Crippen LogP contribution in [0.5, 0.6) is 0 Å². The van der Waals surface area contributed by atoms with Crippen LogP contribution in [0.15, 0.2) is 30.9 Å². The third kappa shape index (κ3) is 10.6. The van der Waals surface area contributed by atoms with Gasteiger partial charge in [0, 0.05) is 13.1 Å². The van der Waals surface area contributed by atoms with E-state index in [1.165, 1.54) is 4.90 Å². The Bertz CT molecular complexity index is 965. The highest BCUT2D eigenvalue weighted by atomic mass is 16.6. The number of rotatable bonds is 13. The van der Waals surface area contributed by atoms with Gasteiger partial charge in [-0.2, -0.15) is 0 Å². The SMILES string of the molecule is C=CCN(C(=O)C(NC(=O)OC(C)(C)C)C(C)CC)C(C(=O)NCCC(=O)OCC)c1cc(C)cc(C)c1. The lowest BCUT2D eigenvalue weighted by atomic mass is 9.94. The lowest BCUT2D eigenvalue weighted by Crippen LogP contribution is -2.55. The number of nitrogens with one attached hydrogen (secondary N) is 2. The van der Waals surface area contributed by atoms with Crippen molar-refractivity contribution in [2.75, 3.05) is 19.7 Å². The van der Waals surface area contributed by atoms with E-state index in [1.54, 1.807) is 33.8 Å². The van der Waals surface area contributed by atoms with Crippen LogP contribution in [0.25, 0.3) is 0 Å². The van der Waals surface area contributed by atoms with Crippen molar-refractivity contribution in [2.45, 2.75) is 85.9 Å². The molecule has 3 amide bonds. The van der Waals surface area contributed by atoms with Gasteiger partial charge in [0.15, 0.2) is 0 Å². The maximum absolute atomic E-state index is 14.0. The molecule has 1 aromatic carbocycles. The van der Waals surface area contributed by atoms with E-state index < -0.39 is 41.6 Å². The minimum absolute atomic E-state index is 0.00421. The van der Waals surface area contributed by atoms with Gasteiger partial charge in [0.25, 0.3) is 0 Å². The topological polar surface area (TPSA) is 114 Å². The van der Waals surface area contributed by atoms with E-state index in [4.69, 9.17) is 9.47 Å². The van der Waals surface area contributed by atoms with E-state index in [-0.39, 0.29) is 32.0 Å². The monoisotopic (exact) mass is 531 g/mol. The number of hydrogen-bond donors (Lipinski definition) is 2. The van der Waals surface area contributed by atoms with Crippen LogP contribution >= 0.6 is 0 Å². The van der Waals surface area contributed by atoms with Crippen molar-refractivity contribution >= 4 is 23.9 Å². The predicted octanol–water partition coefficient (Wildman–Crippen LogP) is 4.37. The van der Waals surface area contributed by atoms with Crippen molar-refractivity contribution in [3.8, 4) is 0 Å². The highest BCUT2D eigenvalue weighted by Gasteiger charge is 2.37. The Balaban J connectivity index is 3.45. The second kappa shape index (κ2) is 15.1. The Labute approximate surface area is 227 Å². The molecule has 0 aliphatic heterocycles. The standard InChI is InChI=1S/C29H45N3O6/c1-10-15-32(27(35)24(21(6)11-2)31-28(36)38-29(7,8)9)25(22-17-19(4)16-20(5)18-22)26(34)30-14-13-23(33)37-12-3/h10,16-18,21,24-25H,1,11-15H2,2-9H3,(H,30,34)(H,31,36). The van der Waals surface area contributed by atoms with Gasteiger partial charge in [-0.25, -0.2) is 4.79 Å². The van der Waals surface area contributed by atoms with Crippen LogP contribution in [0, 0.1) is 19.8 Å². The highest BCUT2D eigenvalue weighted by Crippen LogP contribution is 2.26. The fraction of sp³-hybridized carbons (Fsp3) is 0.586. The number of benzene rings is 1. The van der Waals surface area contributed by atoms with E-state index >= 15 is 0 Å². The van der Waals surface area contributed by atoms with Gasteiger partial charge < -0.3 is 25.0 Å². The van der Waals surface area contributed by atoms with Gasteiger partial charge in [-0.05, 0) is 53.0 Å². The van der Waals surface area contributed by atoms with Gasteiger partial charge in [0.2, 0.25) is 11.8 Å². The zero-order chi connectivity index (χ0) is 29.0. The van der Waals surface area contributed by atoms with Crippen molar-refractivity contribution in [3.05, 3.63) is 47.5 Å². The first kappa shape index (κ1) is 32.7. The third-order valence-corrected chi connectivity index (χ3v) is 5.81. The fourth-order valence-electron chi connectivity index (χ4n) is 4.02. The third-order valence-electron chi connectivity index (χ3n) is 5.81. The van der Waals surface area contributed by atoms with Crippen LogP contribution < -0.4 is 10.6 Å². The van der Waals surface area contributed by atoms with Crippen molar-refractivity contribution in [1.82, 2.24) is 15.5 Å². The molecule has 2 N–H and O–H groups in total. The molecule has 3 unspecified atom stereocenters. The van der Waals surface area contributed by atoms with Crippen LogP contribution in [0.2, 0.25) is 0 Å². The van der Waals surface area contributed by atoms with E-state index in [0.717, 1.165) is 11.1 Å². The largest absolute Gasteiger partial charge is 0.466 e. The second-order valence-corrected chi connectivity index (χ2v) is 10.5.